The average molecular weight is 242 g/mol. The molecule has 0 heterocycles. The Balaban J connectivity index is 2.04. The normalized spacial score (nSPS) is 14.8. The number of benzene rings is 1. The maximum Gasteiger partial charge on any atom is 0.0991 e. The van der Waals surface area contributed by atoms with Crippen molar-refractivity contribution in [2.45, 2.75) is 52.1 Å². The molecule has 1 aliphatic rings. The summed E-state index contributed by atoms with van der Waals surface area (Å²) >= 11 is 0. The SMILES string of the molecule is CCCCN(Cc1ccc(C#N)cc1C)C1CC1. The van der Waals surface area contributed by atoms with Gasteiger partial charge in [-0.05, 0) is 56.0 Å². The zero-order valence-corrected chi connectivity index (χ0v) is 11.4. The Labute approximate surface area is 110 Å². The molecule has 96 valence electrons. The molecule has 2 rings (SSSR count). The van der Waals surface area contributed by atoms with Crippen LogP contribution in [-0.2, 0) is 6.54 Å². The minimum Gasteiger partial charge on any atom is -0.296 e. The highest BCUT2D eigenvalue weighted by atomic mass is 15.2. The van der Waals surface area contributed by atoms with Crippen molar-refractivity contribution in [3.63, 3.8) is 0 Å². The molecule has 0 N–H and O–H groups in total. The summed E-state index contributed by atoms with van der Waals surface area (Å²) in [6, 6.07) is 9.07. The summed E-state index contributed by atoms with van der Waals surface area (Å²) in [6.07, 6.45) is 5.26. The molecule has 0 atom stereocenters. The summed E-state index contributed by atoms with van der Waals surface area (Å²) in [5.74, 6) is 0. The van der Waals surface area contributed by atoms with E-state index in [0.717, 1.165) is 18.2 Å². The summed E-state index contributed by atoms with van der Waals surface area (Å²) in [4.78, 5) is 2.61. The number of nitrogens with zero attached hydrogens (tertiary/aromatic N) is 2. The van der Waals surface area contributed by atoms with E-state index in [1.807, 2.05) is 12.1 Å². The second-order valence-electron chi connectivity index (χ2n) is 5.31. The van der Waals surface area contributed by atoms with Crippen LogP contribution in [0.15, 0.2) is 18.2 Å². The van der Waals surface area contributed by atoms with Crippen LogP contribution in [0.1, 0.15) is 49.3 Å². The van der Waals surface area contributed by atoms with Gasteiger partial charge in [0.15, 0.2) is 0 Å². The zero-order valence-electron chi connectivity index (χ0n) is 11.4. The van der Waals surface area contributed by atoms with Gasteiger partial charge in [0.2, 0.25) is 0 Å². The lowest BCUT2D eigenvalue weighted by molar-refractivity contribution is 0.250. The van der Waals surface area contributed by atoms with Gasteiger partial charge in [-0.3, -0.25) is 4.90 Å². The standard InChI is InChI=1S/C16H22N2/c1-3-4-9-18(16-7-8-16)12-15-6-5-14(11-17)10-13(15)2/h5-6,10,16H,3-4,7-9,12H2,1-2H3. The highest BCUT2D eigenvalue weighted by molar-refractivity contribution is 5.37. The van der Waals surface area contributed by atoms with Crippen LogP contribution in [0.25, 0.3) is 0 Å². The molecule has 0 amide bonds. The largest absolute Gasteiger partial charge is 0.296 e. The van der Waals surface area contributed by atoms with Crippen molar-refractivity contribution in [2.24, 2.45) is 0 Å². The lowest BCUT2D eigenvalue weighted by atomic mass is 10.0. The van der Waals surface area contributed by atoms with Crippen LogP contribution in [-0.4, -0.2) is 17.5 Å². The molecule has 1 aliphatic carbocycles. The van der Waals surface area contributed by atoms with Crippen LogP contribution in [0.5, 0.6) is 0 Å². The van der Waals surface area contributed by atoms with Crippen molar-refractivity contribution in [1.29, 1.82) is 5.26 Å². The first kappa shape index (κ1) is 13.1. The summed E-state index contributed by atoms with van der Waals surface area (Å²) in [6.45, 7) is 6.61. The number of rotatable bonds is 6. The summed E-state index contributed by atoms with van der Waals surface area (Å²) < 4.78 is 0. The molecule has 1 aromatic rings. The van der Waals surface area contributed by atoms with Crippen molar-refractivity contribution in [3.05, 3.63) is 34.9 Å². The highest BCUT2D eigenvalue weighted by Crippen LogP contribution is 2.29. The monoisotopic (exact) mass is 242 g/mol. The first-order chi connectivity index (χ1) is 8.74. The number of nitriles is 1. The van der Waals surface area contributed by atoms with Crippen molar-refractivity contribution in [3.8, 4) is 6.07 Å². The third-order valence-corrected chi connectivity index (χ3v) is 3.71. The Hall–Kier alpha value is -1.33. The van der Waals surface area contributed by atoms with Crippen LogP contribution in [0.4, 0.5) is 0 Å². The van der Waals surface area contributed by atoms with E-state index in [0.29, 0.717) is 0 Å². The van der Waals surface area contributed by atoms with Gasteiger partial charge in [-0.2, -0.15) is 5.26 Å². The van der Waals surface area contributed by atoms with Crippen LogP contribution in [0, 0.1) is 18.3 Å². The molecule has 1 fully saturated rings. The van der Waals surface area contributed by atoms with Gasteiger partial charge in [-0.25, -0.2) is 0 Å². The van der Waals surface area contributed by atoms with E-state index in [4.69, 9.17) is 5.26 Å². The van der Waals surface area contributed by atoms with Gasteiger partial charge in [-0.1, -0.05) is 19.4 Å². The summed E-state index contributed by atoms with van der Waals surface area (Å²) in [5, 5.41) is 8.89. The van der Waals surface area contributed by atoms with E-state index in [-0.39, 0.29) is 0 Å². The van der Waals surface area contributed by atoms with E-state index in [9.17, 15) is 0 Å². The van der Waals surface area contributed by atoms with Gasteiger partial charge in [0.05, 0.1) is 11.6 Å². The van der Waals surface area contributed by atoms with Crippen molar-refractivity contribution >= 4 is 0 Å². The lowest BCUT2D eigenvalue weighted by Gasteiger charge is -2.22. The van der Waals surface area contributed by atoms with Crippen molar-refractivity contribution < 1.29 is 0 Å². The fraction of sp³-hybridized carbons (Fsp3) is 0.562. The molecule has 0 spiro atoms. The van der Waals surface area contributed by atoms with E-state index in [1.54, 1.807) is 0 Å². The minimum atomic E-state index is 0.766. The number of hydrogen-bond donors (Lipinski definition) is 0. The fourth-order valence-electron chi connectivity index (χ4n) is 2.35. The minimum absolute atomic E-state index is 0.766. The van der Waals surface area contributed by atoms with E-state index in [2.05, 4.69) is 30.9 Å². The molecule has 1 aromatic carbocycles. The fourth-order valence-corrected chi connectivity index (χ4v) is 2.35. The third kappa shape index (κ3) is 3.34. The van der Waals surface area contributed by atoms with Gasteiger partial charge in [0, 0.05) is 12.6 Å². The highest BCUT2D eigenvalue weighted by Gasteiger charge is 2.28. The van der Waals surface area contributed by atoms with Crippen molar-refractivity contribution in [1.82, 2.24) is 4.90 Å². The zero-order chi connectivity index (χ0) is 13.0. The molecule has 18 heavy (non-hydrogen) atoms. The Bertz CT molecular complexity index is 441. The predicted octanol–water partition coefficient (Wildman–Crippen LogP) is 3.63. The quantitative estimate of drug-likeness (QED) is 0.761. The Morgan fingerprint density at radius 3 is 2.72 bits per heavy atom. The lowest BCUT2D eigenvalue weighted by Crippen LogP contribution is -2.27. The maximum absolute atomic E-state index is 8.89. The first-order valence-electron chi connectivity index (χ1n) is 6.98. The van der Waals surface area contributed by atoms with E-state index < -0.39 is 0 Å². The van der Waals surface area contributed by atoms with E-state index in [1.165, 1.54) is 43.4 Å². The molecule has 2 nitrogen and oxygen atoms in total. The summed E-state index contributed by atoms with van der Waals surface area (Å²) in [7, 11) is 0. The van der Waals surface area contributed by atoms with Gasteiger partial charge in [-0.15, -0.1) is 0 Å². The predicted molar refractivity (Wildman–Crippen MR) is 74.2 cm³/mol. The van der Waals surface area contributed by atoms with Gasteiger partial charge >= 0.3 is 0 Å². The number of hydrogen-bond acceptors (Lipinski definition) is 2. The molecule has 0 aliphatic heterocycles. The third-order valence-electron chi connectivity index (χ3n) is 3.71. The summed E-state index contributed by atoms with van der Waals surface area (Å²) in [5.41, 5.74) is 3.39. The molecule has 0 aromatic heterocycles. The van der Waals surface area contributed by atoms with E-state index >= 15 is 0 Å². The van der Waals surface area contributed by atoms with Crippen LogP contribution in [0.3, 0.4) is 0 Å². The topological polar surface area (TPSA) is 27.0 Å². The number of unbranched alkanes of at least 4 members (excludes halogenated alkanes) is 1. The van der Waals surface area contributed by atoms with Gasteiger partial charge in [0.25, 0.3) is 0 Å². The smallest absolute Gasteiger partial charge is 0.0991 e. The second kappa shape index (κ2) is 6.02. The average Bonchev–Trinajstić information content (AvgIpc) is 3.20. The second-order valence-corrected chi connectivity index (χ2v) is 5.31. The molecule has 0 bridgehead atoms. The maximum atomic E-state index is 8.89. The van der Waals surface area contributed by atoms with Gasteiger partial charge < -0.3 is 0 Å². The Kier molecular flexibility index (Phi) is 4.38. The Morgan fingerprint density at radius 1 is 1.39 bits per heavy atom. The molecule has 2 heteroatoms. The first-order valence-corrected chi connectivity index (χ1v) is 6.98. The molecular weight excluding hydrogens is 220 g/mol. The molecule has 1 saturated carbocycles. The van der Waals surface area contributed by atoms with Crippen LogP contribution >= 0.6 is 0 Å². The van der Waals surface area contributed by atoms with Crippen molar-refractivity contribution in [2.75, 3.05) is 6.54 Å². The molecule has 0 saturated heterocycles. The van der Waals surface area contributed by atoms with Crippen LogP contribution in [0.2, 0.25) is 0 Å². The molecule has 0 unspecified atom stereocenters. The Morgan fingerprint density at radius 2 is 2.17 bits per heavy atom. The van der Waals surface area contributed by atoms with Crippen LogP contribution < -0.4 is 0 Å². The molecular formula is C16H22N2. The molecule has 0 radical (unpaired) electrons. The van der Waals surface area contributed by atoms with Gasteiger partial charge in [0.1, 0.15) is 0 Å². The number of aryl methyl sites for hydroxylation is 1.